The van der Waals surface area contributed by atoms with E-state index in [-0.39, 0.29) is 29.5 Å². The van der Waals surface area contributed by atoms with Crippen molar-refractivity contribution in [3.05, 3.63) is 33.9 Å². The largest absolute Gasteiger partial charge is 0.396 e. The Morgan fingerprint density at radius 2 is 2.00 bits per heavy atom. The molecule has 2 N–H and O–H groups in total. The van der Waals surface area contributed by atoms with Gasteiger partial charge in [-0.3, -0.25) is 10.1 Å². The summed E-state index contributed by atoms with van der Waals surface area (Å²) in [7, 11) is -3.87. The average molecular weight is 316 g/mol. The molecule has 1 aromatic rings. The van der Waals surface area contributed by atoms with Gasteiger partial charge in [-0.15, -0.1) is 0 Å². The minimum atomic E-state index is -3.87. The molecule has 0 radical (unpaired) electrons. The van der Waals surface area contributed by atoms with Crippen molar-refractivity contribution < 1.29 is 18.4 Å². The van der Waals surface area contributed by atoms with Crippen molar-refractivity contribution in [2.45, 2.75) is 38.1 Å². The Kier molecular flexibility index (Phi) is 5.82. The fourth-order valence-corrected chi connectivity index (χ4v) is 3.33. The van der Waals surface area contributed by atoms with Crippen LogP contribution >= 0.6 is 0 Å². The van der Waals surface area contributed by atoms with E-state index >= 15 is 0 Å². The summed E-state index contributed by atoms with van der Waals surface area (Å²) in [4.78, 5) is 10.1. The van der Waals surface area contributed by atoms with Crippen LogP contribution in [0.25, 0.3) is 0 Å². The van der Waals surface area contributed by atoms with Crippen LogP contribution in [0, 0.1) is 23.0 Å². The zero-order valence-corrected chi connectivity index (χ0v) is 13.1. The van der Waals surface area contributed by atoms with E-state index in [1.807, 2.05) is 13.8 Å². The maximum absolute atomic E-state index is 12.3. The molecule has 0 fully saturated rings. The fraction of sp³-hybridized carbons (Fsp3) is 0.538. The molecule has 0 aromatic heterocycles. The monoisotopic (exact) mass is 316 g/mol. The van der Waals surface area contributed by atoms with Crippen LogP contribution in [0.3, 0.4) is 0 Å². The van der Waals surface area contributed by atoms with Crippen molar-refractivity contribution in [3.8, 4) is 0 Å². The molecule has 21 heavy (non-hydrogen) atoms. The van der Waals surface area contributed by atoms with Crippen LogP contribution < -0.4 is 4.72 Å². The molecule has 0 heterocycles. The van der Waals surface area contributed by atoms with Gasteiger partial charge in [-0.25, -0.2) is 13.1 Å². The Labute approximate surface area is 124 Å². The quantitative estimate of drug-likeness (QED) is 0.586. The van der Waals surface area contributed by atoms with Crippen molar-refractivity contribution in [1.29, 1.82) is 0 Å². The van der Waals surface area contributed by atoms with Gasteiger partial charge in [0.2, 0.25) is 10.0 Å². The number of hydrogen-bond donors (Lipinski definition) is 2. The summed E-state index contributed by atoms with van der Waals surface area (Å²) < 4.78 is 27.1. The highest BCUT2D eigenvalue weighted by molar-refractivity contribution is 7.89. The Balaban J connectivity index is 3.13. The predicted octanol–water partition coefficient (Wildman–Crippen LogP) is 1.59. The van der Waals surface area contributed by atoms with E-state index in [0.717, 1.165) is 6.07 Å². The molecule has 0 saturated carbocycles. The molecule has 0 amide bonds. The Hall–Kier alpha value is -1.51. The molecule has 1 rings (SSSR count). The Morgan fingerprint density at radius 3 is 2.48 bits per heavy atom. The van der Waals surface area contributed by atoms with Crippen LogP contribution in [0.4, 0.5) is 5.69 Å². The summed E-state index contributed by atoms with van der Waals surface area (Å²) >= 11 is 0. The van der Waals surface area contributed by atoms with Gasteiger partial charge in [0.05, 0.1) is 9.82 Å². The molecule has 0 saturated heterocycles. The molecule has 1 aromatic carbocycles. The molecule has 0 aliphatic carbocycles. The molecule has 0 spiro atoms. The molecule has 0 bridgehead atoms. The van der Waals surface area contributed by atoms with E-state index < -0.39 is 21.0 Å². The van der Waals surface area contributed by atoms with Crippen molar-refractivity contribution in [2.24, 2.45) is 5.92 Å². The van der Waals surface area contributed by atoms with Gasteiger partial charge in [0.1, 0.15) is 0 Å². The number of hydrogen-bond acceptors (Lipinski definition) is 5. The number of nitrogens with one attached hydrogen (secondary N) is 1. The number of nitro benzene ring substituents is 1. The van der Waals surface area contributed by atoms with E-state index in [1.54, 1.807) is 6.92 Å². The first kappa shape index (κ1) is 17.5. The van der Waals surface area contributed by atoms with Crippen LogP contribution in [0.5, 0.6) is 0 Å². The van der Waals surface area contributed by atoms with Crippen LogP contribution in [-0.4, -0.2) is 31.1 Å². The molecular weight excluding hydrogens is 296 g/mol. The normalized spacial score (nSPS) is 13.4. The number of rotatable bonds is 7. The van der Waals surface area contributed by atoms with Gasteiger partial charge in [0.25, 0.3) is 5.69 Å². The van der Waals surface area contributed by atoms with Crippen molar-refractivity contribution in [3.63, 3.8) is 0 Å². The molecule has 8 heteroatoms. The zero-order valence-electron chi connectivity index (χ0n) is 12.2. The second kappa shape index (κ2) is 6.97. The highest BCUT2D eigenvalue weighted by Gasteiger charge is 2.24. The van der Waals surface area contributed by atoms with Crippen molar-refractivity contribution in [1.82, 2.24) is 4.72 Å². The summed E-state index contributed by atoms with van der Waals surface area (Å²) in [6, 6.07) is 3.36. The minimum Gasteiger partial charge on any atom is -0.396 e. The molecule has 1 unspecified atom stereocenters. The Morgan fingerprint density at radius 1 is 1.38 bits per heavy atom. The van der Waals surface area contributed by atoms with Gasteiger partial charge in [0.15, 0.2) is 0 Å². The van der Waals surface area contributed by atoms with Gasteiger partial charge < -0.3 is 5.11 Å². The number of nitrogens with zero attached hydrogens (tertiary/aromatic N) is 1. The summed E-state index contributed by atoms with van der Waals surface area (Å²) in [6.07, 6.45) is 0.283. The highest BCUT2D eigenvalue weighted by atomic mass is 32.2. The molecule has 0 aliphatic heterocycles. The first-order chi connectivity index (χ1) is 9.69. The third-order valence-electron chi connectivity index (χ3n) is 3.24. The van der Waals surface area contributed by atoms with Gasteiger partial charge in [-0.05, 0) is 25.3 Å². The maximum Gasteiger partial charge on any atom is 0.273 e. The standard InChI is InChI=1S/C13H20N2O5S/c1-9(2)12(6-7-16)14-21(19,20)11-5-4-10(3)13(8-11)15(17)18/h4-5,8-9,12,14,16H,6-7H2,1-3H3. The first-order valence-electron chi connectivity index (χ1n) is 6.57. The van der Waals surface area contributed by atoms with Gasteiger partial charge in [-0.1, -0.05) is 19.9 Å². The third-order valence-corrected chi connectivity index (χ3v) is 4.73. The second-order valence-corrected chi connectivity index (χ2v) is 6.90. The molecule has 0 aliphatic rings. The Bertz CT molecular complexity index is 613. The second-order valence-electron chi connectivity index (χ2n) is 5.19. The summed E-state index contributed by atoms with van der Waals surface area (Å²) in [6.45, 7) is 5.07. The number of aliphatic hydroxyl groups is 1. The van der Waals surface area contributed by atoms with Crippen LogP contribution in [0.2, 0.25) is 0 Å². The third kappa shape index (κ3) is 4.48. The van der Waals surface area contributed by atoms with Crippen molar-refractivity contribution >= 4 is 15.7 Å². The van der Waals surface area contributed by atoms with E-state index in [9.17, 15) is 18.5 Å². The summed E-state index contributed by atoms with van der Waals surface area (Å²) in [5, 5.41) is 19.9. The molecule has 1 atom stereocenters. The number of aryl methyl sites for hydroxylation is 1. The van der Waals surface area contributed by atoms with E-state index in [0.29, 0.717) is 5.56 Å². The lowest BCUT2D eigenvalue weighted by Crippen LogP contribution is -2.39. The van der Waals surface area contributed by atoms with Gasteiger partial charge in [0, 0.05) is 24.3 Å². The minimum absolute atomic E-state index is 0.00707. The van der Waals surface area contributed by atoms with Crippen molar-refractivity contribution in [2.75, 3.05) is 6.61 Å². The molecule has 118 valence electrons. The van der Waals surface area contributed by atoms with E-state index in [2.05, 4.69) is 4.72 Å². The summed E-state index contributed by atoms with van der Waals surface area (Å²) in [5.41, 5.74) is 0.163. The summed E-state index contributed by atoms with van der Waals surface area (Å²) in [5.74, 6) is -0.00707. The van der Waals surface area contributed by atoms with Gasteiger partial charge in [-0.2, -0.15) is 0 Å². The lowest BCUT2D eigenvalue weighted by atomic mass is 10.0. The van der Waals surface area contributed by atoms with Crippen LogP contribution in [0.15, 0.2) is 23.1 Å². The SMILES string of the molecule is Cc1ccc(S(=O)(=O)NC(CCO)C(C)C)cc1[N+](=O)[O-]. The van der Waals surface area contributed by atoms with Gasteiger partial charge >= 0.3 is 0 Å². The highest BCUT2D eigenvalue weighted by Crippen LogP contribution is 2.22. The average Bonchev–Trinajstić information content (AvgIpc) is 2.37. The maximum atomic E-state index is 12.3. The number of aliphatic hydroxyl groups excluding tert-OH is 1. The lowest BCUT2D eigenvalue weighted by Gasteiger charge is -2.21. The van der Waals surface area contributed by atoms with Crippen LogP contribution in [0.1, 0.15) is 25.8 Å². The smallest absolute Gasteiger partial charge is 0.273 e. The molecular formula is C13H20N2O5S. The number of benzene rings is 1. The number of sulfonamides is 1. The fourth-order valence-electron chi connectivity index (χ4n) is 1.89. The lowest BCUT2D eigenvalue weighted by molar-refractivity contribution is -0.385. The topological polar surface area (TPSA) is 110 Å². The zero-order chi connectivity index (χ0) is 16.2. The molecule has 7 nitrogen and oxygen atoms in total. The van der Waals surface area contributed by atoms with E-state index in [1.165, 1.54) is 12.1 Å². The number of nitro groups is 1. The first-order valence-corrected chi connectivity index (χ1v) is 8.05. The van der Waals surface area contributed by atoms with Crippen LogP contribution in [-0.2, 0) is 10.0 Å². The predicted molar refractivity (Wildman–Crippen MR) is 78.5 cm³/mol. The van der Waals surface area contributed by atoms with E-state index in [4.69, 9.17) is 5.11 Å².